The Bertz CT molecular complexity index is 1540. The smallest absolute Gasteiger partial charge is 0.264 e. The van der Waals surface area contributed by atoms with E-state index in [1.54, 1.807) is 9.58 Å². The number of fused-ring (bicyclic) bond motifs is 1. The van der Waals surface area contributed by atoms with Crippen LogP contribution in [0.4, 0.5) is 10.1 Å². The van der Waals surface area contributed by atoms with Crippen LogP contribution >= 0.6 is 11.3 Å². The zero-order valence-corrected chi connectivity index (χ0v) is 23.4. The largest absolute Gasteiger partial charge is 0.378 e. The summed E-state index contributed by atoms with van der Waals surface area (Å²) >= 11 is 1.45. The average molecular weight is 561 g/mol. The van der Waals surface area contributed by atoms with Gasteiger partial charge in [0.15, 0.2) is 5.82 Å². The van der Waals surface area contributed by atoms with Crippen molar-refractivity contribution in [1.82, 2.24) is 24.6 Å². The molecule has 0 saturated carbocycles. The molecule has 3 aliphatic heterocycles. The van der Waals surface area contributed by atoms with Crippen LogP contribution in [0.15, 0.2) is 48.7 Å². The van der Waals surface area contributed by atoms with Crippen molar-refractivity contribution in [3.05, 3.63) is 59.1 Å². The van der Waals surface area contributed by atoms with Crippen LogP contribution < -0.4 is 4.90 Å². The number of carbonyl (C=O) groups is 1. The number of ether oxygens (including phenoxy) is 1. The van der Waals surface area contributed by atoms with Crippen molar-refractivity contribution in [2.45, 2.75) is 32.0 Å². The Morgan fingerprint density at radius 2 is 1.93 bits per heavy atom. The van der Waals surface area contributed by atoms with Crippen LogP contribution in [0.3, 0.4) is 0 Å². The molecule has 0 radical (unpaired) electrons. The van der Waals surface area contributed by atoms with Crippen molar-refractivity contribution in [3.8, 4) is 17.1 Å². The van der Waals surface area contributed by atoms with Gasteiger partial charge in [0.05, 0.1) is 46.2 Å². The number of amides is 1. The predicted octanol–water partition coefficient (Wildman–Crippen LogP) is 4.55. The molecule has 7 rings (SSSR count). The average Bonchev–Trinajstić information content (AvgIpc) is 3.61. The minimum atomic E-state index is -1.01. The fraction of sp³-hybridized carbons (Fsp3) is 0.433. The molecule has 4 aromatic rings. The molecule has 3 fully saturated rings. The second kappa shape index (κ2) is 10.6. The second-order valence-corrected chi connectivity index (χ2v) is 12.0. The Morgan fingerprint density at radius 3 is 2.67 bits per heavy atom. The molecule has 3 saturated heterocycles. The highest BCUT2D eigenvalue weighted by Crippen LogP contribution is 2.36. The standard InChI is InChI=1S/C30H33FN6O2S/c1-20-4-2-5-21(16-20)23-6-11-37(33-23)28-18-26(35-12-14-39-15-13-35)29-24(32-28)17-27(40-29)30(38)36-10-7-25(22(31)19-36)34-8-3-9-34/h2,4-6,11,16-18,22,25H,3,7-10,12-15,19H2,1H3. The molecule has 1 aromatic carbocycles. The van der Waals surface area contributed by atoms with Gasteiger partial charge in [-0.1, -0.05) is 23.8 Å². The lowest BCUT2D eigenvalue weighted by molar-refractivity contribution is 0.00599. The van der Waals surface area contributed by atoms with Gasteiger partial charge in [0.1, 0.15) is 6.17 Å². The van der Waals surface area contributed by atoms with E-state index in [2.05, 4.69) is 41.0 Å². The molecular formula is C30H33FN6O2S. The number of thiophene rings is 1. The predicted molar refractivity (Wildman–Crippen MR) is 155 cm³/mol. The van der Waals surface area contributed by atoms with Crippen molar-refractivity contribution in [3.63, 3.8) is 0 Å². The molecule has 3 aromatic heterocycles. The van der Waals surface area contributed by atoms with Crippen LogP contribution in [0.2, 0.25) is 0 Å². The molecule has 0 spiro atoms. The fourth-order valence-electron chi connectivity index (χ4n) is 5.98. The van der Waals surface area contributed by atoms with Gasteiger partial charge in [-0.05, 0) is 51.1 Å². The van der Waals surface area contributed by atoms with E-state index in [4.69, 9.17) is 14.8 Å². The summed E-state index contributed by atoms with van der Waals surface area (Å²) < 4.78 is 23.4. The van der Waals surface area contributed by atoms with E-state index in [-0.39, 0.29) is 18.5 Å². The van der Waals surface area contributed by atoms with Crippen LogP contribution in [0.5, 0.6) is 0 Å². The Hall–Kier alpha value is -3.34. The number of benzene rings is 1. The number of aryl methyl sites for hydroxylation is 1. The number of anilines is 1. The molecule has 8 nitrogen and oxygen atoms in total. The first-order chi connectivity index (χ1) is 19.5. The Balaban J connectivity index is 1.21. The van der Waals surface area contributed by atoms with E-state index in [9.17, 15) is 4.79 Å². The van der Waals surface area contributed by atoms with Gasteiger partial charge < -0.3 is 14.5 Å². The maximum absolute atomic E-state index is 15.1. The molecule has 0 bridgehead atoms. The van der Waals surface area contributed by atoms with Gasteiger partial charge in [-0.3, -0.25) is 9.69 Å². The van der Waals surface area contributed by atoms with E-state index in [0.717, 1.165) is 59.8 Å². The number of hydrogen-bond acceptors (Lipinski definition) is 7. The van der Waals surface area contributed by atoms with E-state index < -0.39 is 6.17 Å². The minimum absolute atomic E-state index is 0.0591. The lowest BCUT2D eigenvalue weighted by Gasteiger charge is -2.44. The van der Waals surface area contributed by atoms with Crippen molar-refractivity contribution >= 4 is 33.1 Å². The Morgan fingerprint density at radius 1 is 1.07 bits per heavy atom. The highest BCUT2D eigenvalue weighted by molar-refractivity contribution is 7.21. The third kappa shape index (κ3) is 4.78. The highest BCUT2D eigenvalue weighted by Gasteiger charge is 2.37. The van der Waals surface area contributed by atoms with Gasteiger partial charge in [0.2, 0.25) is 0 Å². The van der Waals surface area contributed by atoms with Gasteiger partial charge in [-0.15, -0.1) is 11.3 Å². The van der Waals surface area contributed by atoms with Crippen molar-refractivity contribution in [2.75, 3.05) is 57.4 Å². The van der Waals surface area contributed by atoms with E-state index in [1.807, 2.05) is 24.4 Å². The number of nitrogens with zero attached hydrogens (tertiary/aromatic N) is 6. The molecule has 40 heavy (non-hydrogen) atoms. The maximum Gasteiger partial charge on any atom is 0.264 e. The maximum atomic E-state index is 15.1. The first-order valence-corrected chi connectivity index (χ1v) is 14.9. The quantitative estimate of drug-likeness (QED) is 0.357. The number of halogens is 1. The lowest BCUT2D eigenvalue weighted by atomic mass is 9.98. The number of alkyl halides is 1. The molecule has 2 unspecified atom stereocenters. The molecule has 6 heterocycles. The summed E-state index contributed by atoms with van der Waals surface area (Å²) in [5.74, 6) is 0.590. The summed E-state index contributed by atoms with van der Waals surface area (Å²) in [4.78, 5) is 25.3. The third-order valence-corrected chi connectivity index (χ3v) is 9.43. The number of pyridine rings is 1. The van der Waals surface area contributed by atoms with Crippen molar-refractivity contribution < 1.29 is 13.9 Å². The van der Waals surface area contributed by atoms with Gasteiger partial charge in [-0.2, -0.15) is 5.10 Å². The van der Waals surface area contributed by atoms with Crippen LogP contribution in [-0.4, -0.2) is 95.2 Å². The summed E-state index contributed by atoms with van der Waals surface area (Å²) in [6, 6.07) is 14.1. The summed E-state index contributed by atoms with van der Waals surface area (Å²) in [6.45, 7) is 7.58. The molecular weight excluding hydrogens is 527 g/mol. The third-order valence-electron chi connectivity index (χ3n) is 8.30. The van der Waals surface area contributed by atoms with Gasteiger partial charge in [0, 0.05) is 43.5 Å². The molecule has 0 N–H and O–H groups in total. The molecule has 10 heteroatoms. The van der Waals surface area contributed by atoms with Gasteiger partial charge in [0.25, 0.3) is 5.91 Å². The Kier molecular flexibility index (Phi) is 6.77. The summed E-state index contributed by atoms with van der Waals surface area (Å²) in [6.07, 6.45) is 2.74. The van der Waals surface area contributed by atoms with Crippen molar-refractivity contribution in [1.29, 1.82) is 0 Å². The first-order valence-electron chi connectivity index (χ1n) is 14.1. The highest BCUT2D eigenvalue weighted by atomic mass is 32.1. The normalized spacial score (nSPS) is 22.1. The molecule has 208 valence electrons. The van der Waals surface area contributed by atoms with Crippen LogP contribution in [0.1, 0.15) is 28.1 Å². The van der Waals surface area contributed by atoms with Crippen LogP contribution in [0.25, 0.3) is 27.3 Å². The lowest BCUT2D eigenvalue weighted by Crippen LogP contribution is -2.57. The monoisotopic (exact) mass is 560 g/mol. The zero-order valence-electron chi connectivity index (χ0n) is 22.6. The van der Waals surface area contributed by atoms with E-state index in [1.165, 1.54) is 16.9 Å². The molecule has 0 aliphatic carbocycles. The number of carbonyl (C=O) groups excluding carboxylic acids is 1. The Labute approximate surface area is 237 Å². The SMILES string of the molecule is Cc1cccc(-c2ccn(-c3cc(N4CCOCC4)c4sc(C(=O)N5CCC(N6CCC6)C(F)C5)cc4n3)n2)c1. The summed E-state index contributed by atoms with van der Waals surface area (Å²) in [7, 11) is 0. The number of piperidine rings is 1. The zero-order chi connectivity index (χ0) is 27.2. The van der Waals surface area contributed by atoms with E-state index >= 15 is 4.39 Å². The van der Waals surface area contributed by atoms with Crippen molar-refractivity contribution in [2.24, 2.45) is 0 Å². The number of rotatable bonds is 5. The topological polar surface area (TPSA) is 66.7 Å². The number of likely N-dealkylation sites (tertiary alicyclic amines) is 2. The summed E-state index contributed by atoms with van der Waals surface area (Å²) in [5.41, 5.74) is 4.90. The molecule has 2 atom stereocenters. The van der Waals surface area contributed by atoms with Gasteiger partial charge >= 0.3 is 0 Å². The second-order valence-electron chi connectivity index (χ2n) is 11.0. The van der Waals surface area contributed by atoms with E-state index in [0.29, 0.717) is 36.9 Å². The van der Waals surface area contributed by atoms with Crippen LogP contribution in [0, 0.1) is 6.92 Å². The number of hydrogen-bond donors (Lipinski definition) is 0. The molecule has 3 aliphatic rings. The molecule has 1 amide bonds. The van der Waals surface area contributed by atoms with Crippen LogP contribution in [-0.2, 0) is 4.74 Å². The number of aromatic nitrogens is 3. The summed E-state index contributed by atoms with van der Waals surface area (Å²) in [5, 5.41) is 4.84. The minimum Gasteiger partial charge on any atom is -0.378 e. The van der Waals surface area contributed by atoms with Gasteiger partial charge in [-0.25, -0.2) is 14.1 Å². The number of morpholine rings is 1. The first kappa shape index (κ1) is 25.6. The fourth-order valence-corrected chi connectivity index (χ4v) is 7.09.